The van der Waals surface area contributed by atoms with Gasteiger partial charge in [0.1, 0.15) is 0 Å². The van der Waals surface area contributed by atoms with E-state index in [1.54, 1.807) is 13.8 Å². The molecule has 0 fully saturated rings. The van der Waals surface area contributed by atoms with Crippen molar-refractivity contribution in [3.8, 4) is 0 Å². The van der Waals surface area contributed by atoms with E-state index < -0.39 is 47.8 Å². The summed E-state index contributed by atoms with van der Waals surface area (Å²) >= 11 is 0. The third kappa shape index (κ3) is 11.6. The Hall–Kier alpha value is -3.56. The van der Waals surface area contributed by atoms with E-state index in [4.69, 9.17) is 0 Å². The molecule has 0 radical (unpaired) electrons. The van der Waals surface area contributed by atoms with Crippen LogP contribution >= 0.6 is 0 Å². The van der Waals surface area contributed by atoms with Gasteiger partial charge in [0.05, 0.1) is 19.6 Å². The van der Waals surface area contributed by atoms with Crippen LogP contribution in [0.5, 0.6) is 0 Å². The van der Waals surface area contributed by atoms with Gasteiger partial charge in [-0.3, -0.25) is 4.79 Å². The highest BCUT2D eigenvalue weighted by Crippen LogP contribution is 2.04. The van der Waals surface area contributed by atoms with Crippen LogP contribution in [0.4, 0.5) is 0 Å². The molecular formula is C17H18O10. The molecule has 0 aromatic carbocycles. The van der Waals surface area contributed by atoms with Crippen molar-refractivity contribution < 1.29 is 47.7 Å². The summed E-state index contributed by atoms with van der Waals surface area (Å²) in [5.74, 6) is -6.37. The maximum absolute atomic E-state index is 11.6. The number of hydrogen-bond acceptors (Lipinski definition) is 10. The predicted octanol–water partition coefficient (Wildman–Crippen LogP) is 0.311. The largest absolute Gasteiger partial charge is 0.463 e. The van der Waals surface area contributed by atoms with Crippen LogP contribution in [-0.4, -0.2) is 49.0 Å². The van der Waals surface area contributed by atoms with Crippen LogP contribution in [0.2, 0.25) is 0 Å². The molecule has 0 N–H and O–H groups in total. The molecule has 0 aromatic heterocycles. The molecule has 0 rings (SSSR count). The molecule has 0 aliphatic heterocycles. The van der Waals surface area contributed by atoms with E-state index in [1.165, 1.54) is 0 Å². The Morgan fingerprint density at radius 3 is 1.56 bits per heavy atom. The second-order valence-corrected chi connectivity index (χ2v) is 4.45. The molecule has 0 saturated heterocycles. The minimum atomic E-state index is -1.25. The van der Waals surface area contributed by atoms with Crippen LogP contribution in [0.3, 0.4) is 0 Å². The van der Waals surface area contributed by atoms with Crippen LogP contribution in [0.15, 0.2) is 36.5 Å². The lowest BCUT2D eigenvalue weighted by Crippen LogP contribution is -2.17. The molecule has 0 aliphatic carbocycles. The molecule has 0 heterocycles. The standard InChI is InChI=1S/C17H18O10/c1-4-24-12(18)6-8-14(20)26-16(22)10-11(3)17(23)27-15(21)9-7-13(19)25-5-2/h6-9H,3-5,10H2,1-2H3/b8-6+,9-7+. The van der Waals surface area contributed by atoms with Crippen LogP contribution in [0.25, 0.3) is 0 Å². The topological polar surface area (TPSA) is 139 Å². The number of rotatable bonds is 9. The number of carbonyl (C=O) groups is 6. The van der Waals surface area contributed by atoms with Crippen molar-refractivity contribution in [3.05, 3.63) is 36.5 Å². The van der Waals surface area contributed by atoms with Crippen molar-refractivity contribution >= 4 is 35.8 Å². The van der Waals surface area contributed by atoms with Gasteiger partial charge in [0, 0.05) is 29.9 Å². The lowest BCUT2D eigenvalue weighted by Gasteiger charge is -2.03. The normalized spacial score (nSPS) is 10.3. The molecular weight excluding hydrogens is 364 g/mol. The monoisotopic (exact) mass is 382 g/mol. The molecule has 0 aromatic rings. The Balaban J connectivity index is 4.42. The van der Waals surface area contributed by atoms with Crippen molar-refractivity contribution in [1.82, 2.24) is 0 Å². The first-order chi connectivity index (χ1) is 12.7. The Morgan fingerprint density at radius 2 is 1.11 bits per heavy atom. The van der Waals surface area contributed by atoms with Gasteiger partial charge >= 0.3 is 35.8 Å². The van der Waals surface area contributed by atoms with Gasteiger partial charge in [-0.2, -0.15) is 0 Å². The molecule has 0 spiro atoms. The third-order valence-corrected chi connectivity index (χ3v) is 2.34. The molecule has 0 bridgehead atoms. The van der Waals surface area contributed by atoms with Crippen molar-refractivity contribution in [2.45, 2.75) is 20.3 Å². The second-order valence-electron chi connectivity index (χ2n) is 4.45. The highest BCUT2D eigenvalue weighted by molar-refractivity contribution is 6.04. The first kappa shape index (κ1) is 23.4. The quantitative estimate of drug-likeness (QED) is 0.237. The van der Waals surface area contributed by atoms with Gasteiger partial charge in [-0.05, 0) is 13.8 Å². The van der Waals surface area contributed by atoms with E-state index in [9.17, 15) is 28.8 Å². The molecule has 146 valence electrons. The average Bonchev–Trinajstić information content (AvgIpc) is 2.58. The van der Waals surface area contributed by atoms with E-state index in [0.717, 1.165) is 12.2 Å². The number of ether oxygens (including phenoxy) is 4. The summed E-state index contributed by atoms with van der Waals surface area (Å²) in [4.78, 5) is 67.7. The Kier molecular flexibility index (Phi) is 11.1. The molecule has 0 atom stereocenters. The van der Waals surface area contributed by atoms with Gasteiger partial charge in [0.15, 0.2) is 0 Å². The maximum atomic E-state index is 11.6. The minimum Gasteiger partial charge on any atom is -0.463 e. The fraction of sp³-hybridized carbons (Fsp3) is 0.294. The fourth-order valence-corrected chi connectivity index (χ4v) is 1.28. The summed E-state index contributed by atoms with van der Waals surface area (Å²) in [7, 11) is 0. The zero-order valence-corrected chi connectivity index (χ0v) is 14.7. The van der Waals surface area contributed by atoms with Gasteiger partial charge in [0.25, 0.3) is 0 Å². The number of carbonyl (C=O) groups excluding carboxylic acids is 6. The summed E-state index contributed by atoms with van der Waals surface area (Å²) in [6.45, 7) is 6.57. The highest BCUT2D eigenvalue weighted by Gasteiger charge is 2.18. The number of hydrogen-bond donors (Lipinski definition) is 0. The van der Waals surface area contributed by atoms with E-state index in [-0.39, 0.29) is 13.2 Å². The number of esters is 6. The van der Waals surface area contributed by atoms with Crippen LogP contribution in [-0.2, 0) is 47.7 Å². The van der Waals surface area contributed by atoms with Crippen molar-refractivity contribution in [3.63, 3.8) is 0 Å². The zero-order valence-electron chi connectivity index (χ0n) is 14.7. The minimum absolute atomic E-state index is 0.101. The van der Waals surface area contributed by atoms with Gasteiger partial charge in [-0.15, -0.1) is 0 Å². The summed E-state index contributed by atoms with van der Waals surface area (Å²) in [5.41, 5.74) is -0.472. The maximum Gasteiger partial charge on any atom is 0.341 e. The first-order valence-corrected chi connectivity index (χ1v) is 7.57. The highest BCUT2D eigenvalue weighted by atomic mass is 16.6. The Labute approximate surface area is 154 Å². The molecule has 0 saturated carbocycles. The van der Waals surface area contributed by atoms with Crippen molar-refractivity contribution in [2.75, 3.05) is 13.2 Å². The van der Waals surface area contributed by atoms with E-state index >= 15 is 0 Å². The summed E-state index contributed by atoms with van der Waals surface area (Å²) < 4.78 is 17.7. The van der Waals surface area contributed by atoms with Gasteiger partial charge in [0.2, 0.25) is 0 Å². The summed E-state index contributed by atoms with van der Waals surface area (Å²) in [5, 5.41) is 0. The van der Waals surface area contributed by atoms with E-state index in [0.29, 0.717) is 12.2 Å². The molecule has 10 nitrogen and oxygen atoms in total. The van der Waals surface area contributed by atoms with Gasteiger partial charge in [-0.1, -0.05) is 6.58 Å². The SMILES string of the molecule is C=C(CC(=O)OC(=O)/C=C/C(=O)OCC)C(=O)OC(=O)/C=C/C(=O)OCC. The average molecular weight is 382 g/mol. The van der Waals surface area contributed by atoms with Crippen LogP contribution < -0.4 is 0 Å². The predicted molar refractivity (Wildman–Crippen MR) is 87.5 cm³/mol. The zero-order chi connectivity index (χ0) is 20.8. The lowest BCUT2D eigenvalue weighted by molar-refractivity contribution is -0.159. The van der Waals surface area contributed by atoms with Crippen molar-refractivity contribution in [2.24, 2.45) is 0 Å². The Morgan fingerprint density at radius 1 is 0.704 bits per heavy atom. The van der Waals surface area contributed by atoms with Gasteiger partial charge in [-0.25, -0.2) is 24.0 Å². The second kappa shape index (κ2) is 12.8. The summed E-state index contributed by atoms with van der Waals surface area (Å²) in [6, 6.07) is 0. The smallest absolute Gasteiger partial charge is 0.341 e. The van der Waals surface area contributed by atoms with Crippen molar-refractivity contribution in [1.29, 1.82) is 0 Å². The van der Waals surface area contributed by atoms with E-state index in [2.05, 4.69) is 25.5 Å². The van der Waals surface area contributed by atoms with Crippen LogP contribution in [0.1, 0.15) is 20.3 Å². The molecule has 0 aliphatic rings. The fourth-order valence-electron chi connectivity index (χ4n) is 1.28. The molecule has 0 amide bonds. The molecule has 27 heavy (non-hydrogen) atoms. The van der Waals surface area contributed by atoms with E-state index in [1.807, 2.05) is 0 Å². The summed E-state index contributed by atoms with van der Waals surface area (Å²) in [6.07, 6.45) is 2.10. The van der Waals surface area contributed by atoms with Crippen LogP contribution in [0, 0.1) is 0 Å². The third-order valence-electron chi connectivity index (χ3n) is 2.34. The Bertz CT molecular complexity index is 684. The molecule has 0 unspecified atom stereocenters. The molecule has 10 heteroatoms. The lowest BCUT2D eigenvalue weighted by atomic mass is 10.2. The first-order valence-electron chi connectivity index (χ1n) is 7.57. The van der Waals surface area contributed by atoms with Gasteiger partial charge < -0.3 is 18.9 Å².